The molecule has 2 aliphatic heterocycles. The van der Waals surface area contributed by atoms with Gasteiger partial charge in [0.25, 0.3) is 5.56 Å². The number of aliphatic hydroxyl groups excluding tert-OH is 1. The second kappa shape index (κ2) is 10.3. The monoisotopic (exact) mass is 542 g/mol. The minimum absolute atomic E-state index is 0.0312. The first-order chi connectivity index (χ1) is 17.5. The summed E-state index contributed by atoms with van der Waals surface area (Å²) in [5, 5.41) is 12.2. The van der Waals surface area contributed by atoms with Crippen LogP contribution in [-0.4, -0.2) is 46.5 Å². The van der Waals surface area contributed by atoms with E-state index in [9.17, 15) is 14.7 Å². The van der Waals surface area contributed by atoms with Gasteiger partial charge in [0.2, 0.25) is 7.38 Å². The van der Waals surface area contributed by atoms with Crippen LogP contribution in [0.25, 0.3) is 0 Å². The number of rotatable bonds is 4. The molecule has 3 heterocycles. The molecule has 5 atom stereocenters. The van der Waals surface area contributed by atoms with Gasteiger partial charge in [-0.25, -0.2) is 4.79 Å². The van der Waals surface area contributed by atoms with Crippen molar-refractivity contribution in [3.05, 3.63) is 93.8 Å². The quantitative estimate of drug-likeness (QED) is 0.390. The van der Waals surface area contributed by atoms with Gasteiger partial charge in [-0.1, -0.05) is 88.4 Å². The van der Waals surface area contributed by atoms with Gasteiger partial charge in [-0.05, 0) is 22.3 Å². The Balaban J connectivity index is 0.000000173. The second-order valence-electron chi connectivity index (χ2n) is 10.8. The zero-order chi connectivity index (χ0) is 27.0. The summed E-state index contributed by atoms with van der Waals surface area (Å²) >= 11 is 7.21. The lowest BCUT2D eigenvalue weighted by atomic mass is 9.87. The predicted molar refractivity (Wildman–Crippen MR) is 148 cm³/mol. The van der Waals surface area contributed by atoms with E-state index in [0.717, 1.165) is 0 Å². The first-order valence-corrected chi connectivity index (χ1v) is 15.5. The molecule has 2 aliphatic rings. The normalized spacial score (nSPS) is 27.0. The van der Waals surface area contributed by atoms with Crippen molar-refractivity contribution in [2.45, 2.75) is 63.7 Å². The molecule has 2 bridgehead atoms. The van der Waals surface area contributed by atoms with Crippen molar-refractivity contribution >= 4 is 28.8 Å². The Morgan fingerprint density at radius 1 is 1.00 bits per heavy atom. The molecule has 0 amide bonds. The van der Waals surface area contributed by atoms with Crippen molar-refractivity contribution in [3.63, 3.8) is 0 Å². The van der Waals surface area contributed by atoms with E-state index in [1.807, 2.05) is 26.0 Å². The molecule has 9 heteroatoms. The standard InChI is InChI=1S/C16H19ClSi.C12H16N2O5/c1-16(2,3)18(17,14-10-6-4-7-11-14)15-12-8-5-9-13-15;1-6-9-10(14-4-3-8(16)13-11(14)17)19-12(6,5-15)7(2)18-9/h4-13H,1-3H3;3-4,6-7,9-10,15H,5H2,1-2H3,(H,13,16,17)/t;6-,7?,9-,10+,12-/m.0/s1. The van der Waals surface area contributed by atoms with Gasteiger partial charge in [0, 0.05) is 18.2 Å². The molecule has 37 heavy (non-hydrogen) atoms. The third kappa shape index (κ3) is 4.77. The lowest BCUT2D eigenvalue weighted by molar-refractivity contribution is -0.217. The number of fused-ring (bicyclic) bond motifs is 2. The maximum absolute atomic E-state index is 11.8. The summed E-state index contributed by atoms with van der Waals surface area (Å²) in [5.74, 6) is -0.0312. The van der Waals surface area contributed by atoms with E-state index in [2.05, 4.69) is 74.3 Å². The van der Waals surface area contributed by atoms with Crippen LogP contribution in [0.1, 0.15) is 40.8 Å². The van der Waals surface area contributed by atoms with E-state index >= 15 is 0 Å². The minimum Gasteiger partial charge on any atom is -0.393 e. The van der Waals surface area contributed by atoms with Crippen molar-refractivity contribution in [1.82, 2.24) is 9.55 Å². The molecule has 2 saturated heterocycles. The molecular formula is C28H35ClN2O5Si. The maximum Gasteiger partial charge on any atom is 0.330 e. The van der Waals surface area contributed by atoms with Crippen molar-refractivity contribution in [3.8, 4) is 0 Å². The topological polar surface area (TPSA) is 93.6 Å². The first kappa shape index (κ1) is 27.5. The van der Waals surface area contributed by atoms with Crippen molar-refractivity contribution < 1.29 is 14.6 Å². The fourth-order valence-electron chi connectivity index (χ4n) is 5.45. The number of aromatic amines is 1. The van der Waals surface area contributed by atoms with Crippen LogP contribution in [0.4, 0.5) is 0 Å². The van der Waals surface area contributed by atoms with Crippen LogP contribution in [0.3, 0.4) is 0 Å². The highest BCUT2D eigenvalue weighted by Crippen LogP contribution is 2.51. The van der Waals surface area contributed by atoms with Gasteiger partial charge in [-0.3, -0.25) is 14.3 Å². The fourth-order valence-corrected chi connectivity index (χ4v) is 9.57. The predicted octanol–water partition coefficient (Wildman–Crippen LogP) is 3.01. The lowest BCUT2D eigenvalue weighted by Gasteiger charge is -2.38. The third-order valence-corrected chi connectivity index (χ3v) is 15.0. The molecule has 2 aromatic carbocycles. The van der Waals surface area contributed by atoms with Crippen LogP contribution < -0.4 is 21.6 Å². The number of nitrogens with zero attached hydrogens (tertiary/aromatic N) is 1. The highest BCUT2D eigenvalue weighted by molar-refractivity contribution is 7.35. The number of aromatic nitrogens is 2. The van der Waals surface area contributed by atoms with Gasteiger partial charge in [0.1, 0.15) is 11.7 Å². The summed E-state index contributed by atoms with van der Waals surface area (Å²) in [6.45, 7) is 10.3. The van der Waals surface area contributed by atoms with Crippen LogP contribution in [-0.2, 0) is 9.47 Å². The average Bonchev–Trinajstić information content (AvgIpc) is 3.29. The zero-order valence-corrected chi connectivity index (χ0v) is 23.6. The molecule has 7 nitrogen and oxygen atoms in total. The van der Waals surface area contributed by atoms with Crippen LogP contribution in [0.5, 0.6) is 0 Å². The summed E-state index contributed by atoms with van der Waals surface area (Å²) in [6, 6.07) is 22.3. The molecule has 0 radical (unpaired) electrons. The highest BCUT2D eigenvalue weighted by atomic mass is 35.6. The summed E-state index contributed by atoms with van der Waals surface area (Å²) in [6.07, 6.45) is 0.221. The van der Waals surface area contributed by atoms with E-state index in [1.54, 1.807) is 0 Å². The molecule has 198 valence electrons. The second-order valence-corrected chi connectivity index (χ2v) is 16.5. The van der Waals surface area contributed by atoms with E-state index in [4.69, 9.17) is 20.6 Å². The smallest absolute Gasteiger partial charge is 0.330 e. The van der Waals surface area contributed by atoms with Gasteiger partial charge in [0.05, 0.1) is 12.7 Å². The number of benzene rings is 2. The van der Waals surface area contributed by atoms with Gasteiger partial charge >= 0.3 is 5.69 Å². The molecule has 0 saturated carbocycles. The Labute approximate surface area is 222 Å². The molecule has 5 rings (SSSR count). The summed E-state index contributed by atoms with van der Waals surface area (Å²) in [4.78, 5) is 25.1. The van der Waals surface area contributed by atoms with Crippen molar-refractivity contribution in [2.24, 2.45) is 5.92 Å². The molecule has 1 unspecified atom stereocenters. The Bertz CT molecular complexity index is 1280. The van der Waals surface area contributed by atoms with Gasteiger partial charge in [-0.15, -0.1) is 0 Å². The highest BCUT2D eigenvalue weighted by Gasteiger charge is 2.63. The molecule has 2 N–H and O–H groups in total. The fraction of sp³-hybridized carbons (Fsp3) is 0.429. The molecule has 0 spiro atoms. The molecule has 1 aromatic heterocycles. The number of aliphatic hydroxyl groups is 1. The number of halogens is 1. The van der Waals surface area contributed by atoms with E-state index < -0.39 is 30.5 Å². The lowest BCUT2D eigenvalue weighted by Crippen LogP contribution is -2.59. The van der Waals surface area contributed by atoms with Gasteiger partial charge in [0.15, 0.2) is 6.23 Å². The molecule has 3 aromatic rings. The average molecular weight is 543 g/mol. The Kier molecular flexibility index (Phi) is 7.70. The van der Waals surface area contributed by atoms with E-state index in [0.29, 0.717) is 0 Å². The minimum atomic E-state index is -2.23. The van der Waals surface area contributed by atoms with E-state index in [1.165, 1.54) is 27.2 Å². The zero-order valence-electron chi connectivity index (χ0n) is 21.9. The summed E-state index contributed by atoms with van der Waals surface area (Å²) < 4.78 is 13.0. The van der Waals surface area contributed by atoms with Gasteiger partial charge < -0.3 is 14.6 Å². The van der Waals surface area contributed by atoms with Crippen LogP contribution in [0, 0.1) is 5.92 Å². The Hall–Kier alpha value is -2.49. The number of nitrogens with one attached hydrogen (secondary N) is 1. The molecule has 2 fully saturated rings. The number of H-pyrrole nitrogens is 1. The SMILES string of the molecule is CC(C)(C)[Si](Cl)(c1ccccc1)c1ccccc1.CC1O[C@@H]2[C@H](n3ccc(=O)[nH]c3=O)O[C@@]1(CO)[C@H]2C. The van der Waals surface area contributed by atoms with Crippen molar-refractivity contribution in [2.75, 3.05) is 6.61 Å². The molecule has 0 aliphatic carbocycles. The summed E-state index contributed by atoms with van der Waals surface area (Å²) in [7, 11) is -2.23. The van der Waals surface area contributed by atoms with Crippen LogP contribution in [0.15, 0.2) is 82.5 Å². The first-order valence-electron chi connectivity index (χ1n) is 12.5. The largest absolute Gasteiger partial charge is 0.393 e. The summed E-state index contributed by atoms with van der Waals surface area (Å²) in [5.41, 5.74) is -1.78. The Morgan fingerprint density at radius 2 is 1.54 bits per heavy atom. The van der Waals surface area contributed by atoms with Crippen LogP contribution >= 0.6 is 11.1 Å². The third-order valence-electron chi connectivity index (χ3n) is 7.68. The van der Waals surface area contributed by atoms with E-state index in [-0.39, 0.29) is 29.8 Å². The number of ether oxygens (including phenoxy) is 2. The Morgan fingerprint density at radius 3 is 1.97 bits per heavy atom. The van der Waals surface area contributed by atoms with Crippen molar-refractivity contribution in [1.29, 1.82) is 0 Å². The van der Waals surface area contributed by atoms with Gasteiger partial charge in [-0.2, -0.15) is 11.1 Å². The number of hydrogen-bond donors (Lipinski definition) is 2. The molecular weight excluding hydrogens is 508 g/mol. The number of hydrogen-bond acceptors (Lipinski definition) is 5. The van der Waals surface area contributed by atoms with Crippen LogP contribution in [0.2, 0.25) is 5.04 Å². The maximum atomic E-state index is 11.8.